The number of benzene rings is 1. The second-order valence-corrected chi connectivity index (χ2v) is 4.90. The molecule has 0 radical (unpaired) electrons. The lowest BCUT2D eigenvalue weighted by atomic mass is 10.1. The normalized spacial score (nSPS) is 12.3. The molecule has 0 spiro atoms. The first kappa shape index (κ1) is 17.3. The number of hydrogen-bond acceptors (Lipinski definition) is 2. The second-order valence-electron chi connectivity index (χ2n) is 4.49. The van der Waals surface area contributed by atoms with Gasteiger partial charge < -0.3 is 4.90 Å². The Labute approximate surface area is 133 Å². The van der Waals surface area contributed by atoms with E-state index < -0.39 is 0 Å². The fraction of sp³-hybridized carbons (Fsp3) is 0.278. The lowest BCUT2D eigenvalue weighted by Crippen LogP contribution is -2.21. The Bertz CT molecular complexity index is 552. The summed E-state index contributed by atoms with van der Waals surface area (Å²) in [7, 11) is 1.74. The van der Waals surface area contributed by atoms with E-state index in [0.717, 1.165) is 34.9 Å². The molecule has 0 aliphatic rings. The van der Waals surface area contributed by atoms with Gasteiger partial charge in [-0.3, -0.25) is 4.99 Å². The smallest absolute Gasteiger partial charge is 0.0498 e. The fourth-order valence-electron chi connectivity index (χ4n) is 1.97. The van der Waals surface area contributed by atoms with Crippen LogP contribution in [-0.4, -0.2) is 26.4 Å². The van der Waals surface area contributed by atoms with Gasteiger partial charge in [-0.15, -0.1) is 0 Å². The standard InChI is InChI=1S/C18H23ClN2/c1-5-15(12-13-20-4)8-9-16-10-11-17(14-18(16)19)21(6-2)7-3/h5,8-14H,1,6-7H2,2-4H3/b9-8+,15-12+,20-13?. The molecular formula is C18H23ClN2. The lowest BCUT2D eigenvalue weighted by Gasteiger charge is -2.21. The molecule has 0 N–H and O–H groups in total. The van der Waals surface area contributed by atoms with Crippen molar-refractivity contribution >= 4 is 29.6 Å². The highest BCUT2D eigenvalue weighted by atomic mass is 35.5. The summed E-state index contributed by atoms with van der Waals surface area (Å²) in [5.74, 6) is 0. The average Bonchev–Trinajstić information content (AvgIpc) is 2.50. The van der Waals surface area contributed by atoms with Gasteiger partial charge in [-0.05, 0) is 43.2 Å². The van der Waals surface area contributed by atoms with Gasteiger partial charge in [0, 0.05) is 37.1 Å². The molecule has 0 saturated carbocycles. The van der Waals surface area contributed by atoms with Crippen LogP contribution in [0.5, 0.6) is 0 Å². The first-order chi connectivity index (χ1) is 10.2. The first-order valence-corrected chi connectivity index (χ1v) is 7.51. The maximum atomic E-state index is 6.37. The Balaban J connectivity index is 2.97. The van der Waals surface area contributed by atoms with Crippen molar-refractivity contribution in [3.05, 3.63) is 59.2 Å². The molecule has 21 heavy (non-hydrogen) atoms. The minimum atomic E-state index is 0.753. The van der Waals surface area contributed by atoms with Crippen LogP contribution in [-0.2, 0) is 0 Å². The number of anilines is 1. The zero-order valence-electron chi connectivity index (χ0n) is 13.0. The van der Waals surface area contributed by atoms with Gasteiger partial charge in [0.05, 0.1) is 0 Å². The fourth-order valence-corrected chi connectivity index (χ4v) is 2.21. The van der Waals surface area contributed by atoms with E-state index in [1.807, 2.05) is 30.4 Å². The zero-order valence-corrected chi connectivity index (χ0v) is 13.8. The molecule has 1 aromatic rings. The summed E-state index contributed by atoms with van der Waals surface area (Å²) in [6.45, 7) is 10.0. The van der Waals surface area contributed by atoms with Crippen LogP contribution in [0.25, 0.3) is 6.08 Å². The Hall–Kier alpha value is -1.80. The number of hydrogen-bond donors (Lipinski definition) is 0. The van der Waals surface area contributed by atoms with Crippen LogP contribution in [0.15, 0.2) is 53.6 Å². The molecule has 112 valence electrons. The van der Waals surface area contributed by atoms with Crippen LogP contribution in [0.3, 0.4) is 0 Å². The quantitative estimate of drug-likeness (QED) is 0.510. The van der Waals surface area contributed by atoms with E-state index in [-0.39, 0.29) is 0 Å². The number of nitrogens with zero attached hydrogens (tertiary/aromatic N) is 2. The van der Waals surface area contributed by atoms with E-state index >= 15 is 0 Å². The highest BCUT2D eigenvalue weighted by molar-refractivity contribution is 6.32. The van der Waals surface area contributed by atoms with Crippen molar-refractivity contribution in [3.8, 4) is 0 Å². The van der Waals surface area contributed by atoms with Gasteiger partial charge in [0.2, 0.25) is 0 Å². The van der Waals surface area contributed by atoms with Crippen molar-refractivity contribution in [3.63, 3.8) is 0 Å². The highest BCUT2D eigenvalue weighted by Crippen LogP contribution is 2.25. The van der Waals surface area contributed by atoms with E-state index in [4.69, 9.17) is 11.6 Å². The van der Waals surface area contributed by atoms with E-state index in [1.165, 1.54) is 0 Å². The topological polar surface area (TPSA) is 15.6 Å². The van der Waals surface area contributed by atoms with Crippen LogP contribution < -0.4 is 4.90 Å². The van der Waals surface area contributed by atoms with Crippen molar-refractivity contribution in [1.29, 1.82) is 0 Å². The van der Waals surface area contributed by atoms with Gasteiger partial charge in [-0.25, -0.2) is 0 Å². The highest BCUT2D eigenvalue weighted by Gasteiger charge is 2.04. The van der Waals surface area contributed by atoms with Gasteiger partial charge in [-0.2, -0.15) is 0 Å². The van der Waals surface area contributed by atoms with Crippen LogP contribution in [0.1, 0.15) is 19.4 Å². The molecule has 0 fully saturated rings. The predicted octanol–water partition coefficient (Wildman–Crippen LogP) is 5.01. The number of rotatable bonds is 7. The molecule has 1 rings (SSSR count). The molecule has 0 saturated heterocycles. The maximum absolute atomic E-state index is 6.37. The van der Waals surface area contributed by atoms with E-state index in [1.54, 1.807) is 19.3 Å². The monoisotopic (exact) mass is 302 g/mol. The Morgan fingerprint density at radius 3 is 2.57 bits per heavy atom. The van der Waals surface area contributed by atoms with Crippen molar-refractivity contribution in [2.45, 2.75) is 13.8 Å². The van der Waals surface area contributed by atoms with Crippen molar-refractivity contribution in [2.75, 3.05) is 25.0 Å². The summed E-state index contributed by atoms with van der Waals surface area (Å²) in [6, 6.07) is 6.16. The molecule has 0 atom stereocenters. The predicted molar refractivity (Wildman–Crippen MR) is 96.7 cm³/mol. The van der Waals surface area contributed by atoms with Crippen LogP contribution >= 0.6 is 11.6 Å². The third-order valence-electron chi connectivity index (χ3n) is 3.22. The molecule has 0 heterocycles. The molecule has 0 amide bonds. The van der Waals surface area contributed by atoms with E-state index in [9.17, 15) is 0 Å². The minimum absolute atomic E-state index is 0.753. The largest absolute Gasteiger partial charge is 0.372 e. The van der Waals surface area contributed by atoms with E-state index in [0.29, 0.717) is 0 Å². The molecule has 0 unspecified atom stereocenters. The molecule has 0 aliphatic heterocycles. The van der Waals surface area contributed by atoms with Gasteiger partial charge in [0.1, 0.15) is 0 Å². The number of halogens is 1. The van der Waals surface area contributed by atoms with Crippen LogP contribution in [0.2, 0.25) is 5.02 Å². The Kier molecular flexibility index (Phi) is 7.55. The Morgan fingerprint density at radius 2 is 2.05 bits per heavy atom. The third kappa shape index (κ3) is 5.24. The molecule has 0 bridgehead atoms. The van der Waals surface area contributed by atoms with Gasteiger partial charge in [0.25, 0.3) is 0 Å². The first-order valence-electron chi connectivity index (χ1n) is 7.13. The molecule has 2 nitrogen and oxygen atoms in total. The molecular weight excluding hydrogens is 280 g/mol. The molecule has 0 aliphatic carbocycles. The maximum Gasteiger partial charge on any atom is 0.0498 e. The van der Waals surface area contributed by atoms with Crippen LogP contribution in [0.4, 0.5) is 5.69 Å². The number of aliphatic imine (C=N–C) groups is 1. The van der Waals surface area contributed by atoms with Crippen LogP contribution in [0, 0.1) is 0 Å². The van der Waals surface area contributed by atoms with Crippen molar-refractivity contribution < 1.29 is 0 Å². The van der Waals surface area contributed by atoms with Gasteiger partial charge >= 0.3 is 0 Å². The molecule has 3 heteroatoms. The molecule has 1 aromatic carbocycles. The zero-order chi connectivity index (χ0) is 15.7. The SMILES string of the molecule is C=CC(/C=C/c1ccc(N(CC)CC)cc1Cl)=C\C=NC. The summed E-state index contributed by atoms with van der Waals surface area (Å²) in [5, 5.41) is 0.753. The number of allylic oxidation sites excluding steroid dienone is 4. The minimum Gasteiger partial charge on any atom is -0.372 e. The summed E-state index contributed by atoms with van der Waals surface area (Å²) >= 11 is 6.37. The summed E-state index contributed by atoms with van der Waals surface area (Å²) < 4.78 is 0. The van der Waals surface area contributed by atoms with Gasteiger partial charge in [0.15, 0.2) is 0 Å². The third-order valence-corrected chi connectivity index (χ3v) is 3.55. The van der Waals surface area contributed by atoms with Gasteiger partial charge in [-0.1, -0.05) is 42.5 Å². The van der Waals surface area contributed by atoms with Crippen molar-refractivity contribution in [1.82, 2.24) is 0 Å². The second kappa shape index (κ2) is 9.19. The lowest BCUT2D eigenvalue weighted by molar-refractivity contribution is 0.866. The summed E-state index contributed by atoms with van der Waals surface area (Å²) in [5.41, 5.74) is 3.14. The molecule has 0 aromatic heterocycles. The van der Waals surface area contributed by atoms with Crippen molar-refractivity contribution in [2.24, 2.45) is 4.99 Å². The van der Waals surface area contributed by atoms with E-state index in [2.05, 4.69) is 36.4 Å². The summed E-state index contributed by atoms with van der Waals surface area (Å²) in [6.07, 6.45) is 9.41. The summed E-state index contributed by atoms with van der Waals surface area (Å²) in [4.78, 5) is 6.20. The Morgan fingerprint density at radius 1 is 1.33 bits per heavy atom. The average molecular weight is 303 g/mol.